The fraction of sp³-hybridized carbons (Fsp3) is 0.562. The number of ether oxygens (including phenoxy) is 2. The van der Waals surface area contributed by atoms with Gasteiger partial charge in [-0.25, -0.2) is 0 Å². The third-order valence-corrected chi connectivity index (χ3v) is 4.01. The number of methoxy groups -OCH3 is 2. The van der Waals surface area contributed by atoms with Crippen LogP contribution in [-0.2, 0) is 0 Å². The van der Waals surface area contributed by atoms with Gasteiger partial charge in [-0.3, -0.25) is 4.79 Å². The zero-order valence-electron chi connectivity index (χ0n) is 12.1. The summed E-state index contributed by atoms with van der Waals surface area (Å²) in [5.41, 5.74) is -0.944. The highest BCUT2D eigenvalue weighted by Gasteiger charge is 2.39. The third kappa shape index (κ3) is 2.80. The van der Waals surface area contributed by atoms with Gasteiger partial charge in [-0.1, -0.05) is 31.7 Å². The molecule has 2 rings (SSSR count). The molecule has 1 aromatic rings. The molecule has 0 bridgehead atoms. The summed E-state index contributed by atoms with van der Waals surface area (Å²) in [4.78, 5) is 12.8. The lowest BCUT2D eigenvalue weighted by Crippen LogP contribution is -2.38. The predicted molar refractivity (Wildman–Crippen MR) is 76.5 cm³/mol. The van der Waals surface area contributed by atoms with E-state index in [1.54, 1.807) is 18.2 Å². The van der Waals surface area contributed by atoms with Crippen LogP contribution in [0.25, 0.3) is 0 Å². The molecule has 1 aromatic carbocycles. The van der Waals surface area contributed by atoms with Gasteiger partial charge in [0.1, 0.15) is 22.7 Å². The minimum atomic E-state index is -1.29. The van der Waals surface area contributed by atoms with E-state index in [2.05, 4.69) is 0 Å². The van der Waals surface area contributed by atoms with E-state index < -0.39 is 5.60 Å². The third-order valence-electron chi connectivity index (χ3n) is 4.01. The Labute approximate surface area is 119 Å². The first-order chi connectivity index (χ1) is 9.62. The average molecular weight is 278 g/mol. The molecule has 0 saturated heterocycles. The van der Waals surface area contributed by atoms with Gasteiger partial charge in [0.05, 0.1) is 14.2 Å². The van der Waals surface area contributed by atoms with Crippen molar-refractivity contribution in [3.8, 4) is 11.5 Å². The number of hydrogen-bond acceptors (Lipinski definition) is 4. The summed E-state index contributed by atoms with van der Waals surface area (Å²) < 4.78 is 10.5. The highest BCUT2D eigenvalue weighted by atomic mass is 16.5. The lowest BCUT2D eigenvalue weighted by atomic mass is 9.85. The van der Waals surface area contributed by atoms with Crippen molar-refractivity contribution in [3.05, 3.63) is 23.8 Å². The van der Waals surface area contributed by atoms with Gasteiger partial charge in [0.2, 0.25) is 5.78 Å². The molecule has 0 heterocycles. The Morgan fingerprint density at radius 3 is 2.00 bits per heavy atom. The van der Waals surface area contributed by atoms with Crippen molar-refractivity contribution in [1.82, 2.24) is 0 Å². The molecule has 0 unspecified atom stereocenters. The monoisotopic (exact) mass is 278 g/mol. The number of hydrogen-bond donors (Lipinski definition) is 1. The predicted octanol–water partition coefficient (Wildman–Crippen LogP) is 2.97. The van der Waals surface area contributed by atoms with Gasteiger partial charge in [0, 0.05) is 0 Å². The zero-order chi connectivity index (χ0) is 14.6. The molecule has 110 valence electrons. The molecular formula is C16H22O4. The first kappa shape index (κ1) is 14.9. The van der Waals surface area contributed by atoms with E-state index in [1.807, 2.05) is 0 Å². The summed E-state index contributed by atoms with van der Waals surface area (Å²) in [5, 5.41) is 10.8. The highest BCUT2D eigenvalue weighted by Crippen LogP contribution is 2.36. The molecular weight excluding hydrogens is 256 g/mol. The standard InChI is InChI=1S/C16H22O4/c1-19-12-8-7-9-13(20-2)14(12)15(17)16(18)10-5-3-4-6-11-16/h7-9,18H,3-6,10-11H2,1-2H3. The van der Waals surface area contributed by atoms with Crippen LogP contribution in [0.1, 0.15) is 48.9 Å². The second-order valence-electron chi connectivity index (χ2n) is 5.31. The molecule has 1 aliphatic carbocycles. The molecule has 1 aliphatic rings. The molecule has 1 saturated carbocycles. The van der Waals surface area contributed by atoms with Gasteiger partial charge >= 0.3 is 0 Å². The Hall–Kier alpha value is -1.55. The summed E-state index contributed by atoms with van der Waals surface area (Å²) in [6.07, 6.45) is 4.90. The van der Waals surface area contributed by atoms with Crippen LogP contribution in [0.3, 0.4) is 0 Å². The summed E-state index contributed by atoms with van der Waals surface area (Å²) in [6, 6.07) is 5.21. The second kappa shape index (κ2) is 6.27. The molecule has 0 radical (unpaired) electrons. The van der Waals surface area contributed by atoms with Crippen molar-refractivity contribution >= 4 is 5.78 Å². The van der Waals surface area contributed by atoms with Crippen molar-refractivity contribution < 1.29 is 19.4 Å². The van der Waals surface area contributed by atoms with Crippen LogP contribution in [0, 0.1) is 0 Å². The fourth-order valence-corrected chi connectivity index (χ4v) is 2.85. The number of benzene rings is 1. The summed E-state index contributed by atoms with van der Waals surface area (Å²) in [5.74, 6) is 0.618. The minimum absolute atomic E-state index is 0.284. The van der Waals surface area contributed by atoms with Crippen LogP contribution in [0.2, 0.25) is 0 Å². The van der Waals surface area contributed by atoms with E-state index in [-0.39, 0.29) is 5.78 Å². The van der Waals surface area contributed by atoms with E-state index in [0.717, 1.165) is 25.7 Å². The quantitative estimate of drug-likeness (QED) is 0.679. The van der Waals surface area contributed by atoms with Crippen molar-refractivity contribution in [1.29, 1.82) is 0 Å². The van der Waals surface area contributed by atoms with Gasteiger partial charge in [-0.05, 0) is 25.0 Å². The number of carbonyl (C=O) groups is 1. The Morgan fingerprint density at radius 2 is 1.55 bits per heavy atom. The van der Waals surface area contributed by atoms with Crippen LogP contribution in [0.4, 0.5) is 0 Å². The molecule has 0 atom stereocenters. The van der Waals surface area contributed by atoms with E-state index in [0.29, 0.717) is 29.9 Å². The molecule has 1 fully saturated rings. The fourth-order valence-electron chi connectivity index (χ4n) is 2.85. The largest absolute Gasteiger partial charge is 0.496 e. The second-order valence-corrected chi connectivity index (χ2v) is 5.31. The molecule has 0 aliphatic heterocycles. The Bertz CT molecular complexity index is 451. The maximum absolute atomic E-state index is 12.8. The van der Waals surface area contributed by atoms with Gasteiger partial charge < -0.3 is 14.6 Å². The maximum atomic E-state index is 12.8. The topological polar surface area (TPSA) is 55.8 Å². The Morgan fingerprint density at radius 1 is 1.05 bits per heavy atom. The normalized spacial score (nSPS) is 18.1. The van der Waals surface area contributed by atoms with E-state index in [9.17, 15) is 9.90 Å². The molecule has 0 amide bonds. The van der Waals surface area contributed by atoms with Crippen LogP contribution in [0.15, 0.2) is 18.2 Å². The van der Waals surface area contributed by atoms with Crippen LogP contribution >= 0.6 is 0 Å². The molecule has 0 aromatic heterocycles. The summed E-state index contributed by atoms with van der Waals surface area (Å²) >= 11 is 0. The van der Waals surface area contributed by atoms with Gasteiger partial charge in [0.25, 0.3) is 0 Å². The average Bonchev–Trinajstić information content (AvgIpc) is 2.71. The highest BCUT2D eigenvalue weighted by molar-refractivity contribution is 6.06. The van der Waals surface area contributed by atoms with Crippen molar-refractivity contribution in [3.63, 3.8) is 0 Å². The molecule has 0 spiro atoms. The van der Waals surface area contributed by atoms with E-state index >= 15 is 0 Å². The number of Topliss-reactive ketones (excluding diaryl/α,β-unsaturated/α-hetero) is 1. The lowest BCUT2D eigenvalue weighted by Gasteiger charge is -2.26. The van der Waals surface area contributed by atoms with Gasteiger partial charge in [-0.15, -0.1) is 0 Å². The molecule has 4 heteroatoms. The van der Waals surface area contributed by atoms with Crippen molar-refractivity contribution in [2.45, 2.75) is 44.1 Å². The van der Waals surface area contributed by atoms with Crippen LogP contribution < -0.4 is 9.47 Å². The SMILES string of the molecule is COc1cccc(OC)c1C(=O)C1(O)CCCCCC1. The first-order valence-corrected chi connectivity index (χ1v) is 7.10. The first-order valence-electron chi connectivity index (χ1n) is 7.10. The molecule has 20 heavy (non-hydrogen) atoms. The molecule has 4 nitrogen and oxygen atoms in total. The van der Waals surface area contributed by atoms with Crippen LogP contribution in [-0.4, -0.2) is 30.7 Å². The van der Waals surface area contributed by atoms with Gasteiger partial charge in [-0.2, -0.15) is 0 Å². The van der Waals surface area contributed by atoms with E-state index in [4.69, 9.17) is 9.47 Å². The van der Waals surface area contributed by atoms with Crippen LogP contribution in [0.5, 0.6) is 11.5 Å². The zero-order valence-corrected chi connectivity index (χ0v) is 12.1. The summed E-state index contributed by atoms with van der Waals surface area (Å²) in [6.45, 7) is 0. The van der Waals surface area contributed by atoms with Crippen molar-refractivity contribution in [2.24, 2.45) is 0 Å². The van der Waals surface area contributed by atoms with Crippen molar-refractivity contribution in [2.75, 3.05) is 14.2 Å². The number of carbonyl (C=O) groups excluding carboxylic acids is 1. The van der Waals surface area contributed by atoms with E-state index in [1.165, 1.54) is 14.2 Å². The Kier molecular flexibility index (Phi) is 4.65. The minimum Gasteiger partial charge on any atom is -0.496 e. The molecule has 1 N–H and O–H groups in total. The Balaban J connectivity index is 2.41. The number of ketones is 1. The number of aliphatic hydroxyl groups is 1. The maximum Gasteiger partial charge on any atom is 0.201 e. The lowest BCUT2D eigenvalue weighted by molar-refractivity contribution is 0.0232. The van der Waals surface area contributed by atoms with Gasteiger partial charge in [0.15, 0.2) is 0 Å². The smallest absolute Gasteiger partial charge is 0.201 e. The number of rotatable bonds is 4. The summed E-state index contributed by atoms with van der Waals surface area (Å²) in [7, 11) is 3.03.